The SMILES string of the molecule is O=C(O)Cc1ccc(C=CCCNC(=O)OCc2ccccc2)cc1F. The number of carboxylic acid groups (broad SMARTS) is 1. The molecule has 0 heterocycles. The Morgan fingerprint density at radius 1 is 1.15 bits per heavy atom. The van der Waals surface area contributed by atoms with Gasteiger partial charge in [-0.2, -0.15) is 0 Å². The van der Waals surface area contributed by atoms with Crippen LogP contribution in [0, 0.1) is 5.82 Å². The first kappa shape index (κ1) is 19.2. The average Bonchev–Trinajstić information content (AvgIpc) is 2.62. The zero-order valence-corrected chi connectivity index (χ0v) is 14.2. The smallest absolute Gasteiger partial charge is 0.407 e. The minimum Gasteiger partial charge on any atom is -0.481 e. The van der Waals surface area contributed by atoms with Gasteiger partial charge in [-0.25, -0.2) is 9.18 Å². The number of nitrogens with one attached hydrogen (secondary N) is 1. The lowest BCUT2D eigenvalue weighted by molar-refractivity contribution is -0.136. The number of halogens is 1. The molecule has 0 bridgehead atoms. The minimum absolute atomic E-state index is 0.150. The predicted octanol–water partition coefficient (Wildman–Crippen LogP) is 3.78. The van der Waals surface area contributed by atoms with Gasteiger partial charge in [0, 0.05) is 6.54 Å². The zero-order chi connectivity index (χ0) is 18.8. The number of hydrogen-bond acceptors (Lipinski definition) is 3. The summed E-state index contributed by atoms with van der Waals surface area (Å²) in [6.45, 7) is 0.605. The molecule has 2 aromatic rings. The molecule has 2 aromatic carbocycles. The summed E-state index contributed by atoms with van der Waals surface area (Å²) < 4.78 is 18.8. The van der Waals surface area contributed by atoms with Gasteiger partial charge in [-0.15, -0.1) is 0 Å². The number of ether oxygens (including phenoxy) is 1. The Labute approximate surface area is 151 Å². The van der Waals surface area contributed by atoms with Gasteiger partial charge in [-0.05, 0) is 29.2 Å². The molecule has 0 aromatic heterocycles. The van der Waals surface area contributed by atoms with E-state index in [1.807, 2.05) is 30.3 Å². The van der Waals surface area contributed by atoms with Gasteiger partial charge in [0.05, 0.1) is 6.42 Å². The first-order chi connectivity index (χ1) is 12.5. The van der Waals surface area contributed by atoms with Crippen molar-refractivity contribution in [3.05, 3.63) is 77.1 Å². The number of amides is 1. The van der Waals surface area contributed by atoms with Gasteiger partial charge in [0.15, 0.2) is 0 Å². The standard InChI is InChI=1S/C20H20FNO4/c21-18-12-15(9-10-17(18)13-19(23)24)6-4-5-11-22-20(25)26-14-16-7-2-1-3-8-16/h1-4,6-10,12H,5,11,13-14H2,(H,22,25)(H,23,24). The molecule has 0 fully saturated rings. The van der Waals surface area contributed by atoms with Crippen LogP contribution in [0.3, 0.4) is 0 Å². The van der Waals surface area contributed by atoms with Crippen molar-refractivity contribution in [2.75, 3.05) is 6.54 Å². The van der Waals surface area contributed by atoms with Gasteiger partial charge >= 0.3 is 12.1 Å². The first-order valence-corrected chi connectivity index (χ1v) is 8.16. The number of rotatable bonds is 8. The third-order valence-electron chi connectivity index (χ3n) is 3.52. The Balaban J connectivity index is 1.69. The van der Waals surface area contributed by atoms with E-state index in [4.69, 9.17) is 9.84 Å². The molecule has 2 N–H and O–H groups in total. The molecule has 0 aliphatic rings. The van der Waals surface area contributed by atoms with Crippen molar-refractivity contribution in [3.63, 3.8) is 0 Å². The molecule has 0 aliphatic heterocycles. The van der Waals surface area contributed by atoms with Crippen molar-refractivity contribution in [1.29, 1.82) is 0 Å². The lowest BCUT2D eigenvalue weighted by atomic mass is 10.1. The Hall–Kier alpha value is -3.15. The molecule has 0 radical (unpaired) electrons. The van der Waals surface area contributed by atoms with E-state index in [1.165, 1.54) is 12.1 Å². The lowest BCUT2D eigenvalue weighted by Crippen LogP contribution is -2.24. The van der Waals surface area contributed by atoms with Crippen LogP contribution < -0.4 is 5.32 Å². The van der Waals surface area contributed by atoms with Gasteiger partial charge in [0.1, 0.15) is 12.4 Å². The molecule has 0 saturated carbocycles. The summed E-state index contributed by atoms with van der Waals surface area (Å²) in [4.78, 5) is 22.2. The number of carbonyl (C=O) groups excluding carboxylic acids is 1. The summed E-state index contributed by atoms with van der Waals surface area (Å²) in [5.41, 5.74) is 1.69. The van der Waals surface area contributed by atoms with Crippen molar-refractivity contribution in [2.45, 2.75) is 19.4 Å². The maximum atomic E-state index is 13.7. The van der Waals surface area contributed by atoms with E-state index in [9.17, 15) is 14.0 Å². The maximum Gasteiger partial charge on any atom is 0.407 e. The van der Waals surface area contributed by atoms with Gasteiger partial charge < -0.3 is 15.2 Å². The summed E-state index contributed by atoms with van der Waals surface area (Å²) in [5, 5.41) is 11.3. The van der Waals surface area contributed by atoms with Crippen molar-refractivity contribution in [2.24, 2.45) is 0 Å². The van der Waals surface area contributed by atoms with E-state index in [2.05, 4.69) is 5.32 Å². The third kappa shape index (κ3) is 6.76. The number of aliphatic carboxylic acids is 1. The van der Waals surface area contributed by atoms with Gasteiger partial charge in [-0.1, -0.05) is 54.6 Å². The Kier molecular flexibility index (Phi) is 7.36. The van der Waals surface area contributed by atoms with Crippen LogP contribution in [-0.2, 0) is 22.6 Å². The van der Waals surface area contributed by atoms with Crippen LogP contribution in [0.5, 0.6) is 0 Å². The molecule has 0 atom stereocenters. The summed E-state index contributed by atoms with van der Waals surface area (Å²) in [7, 11) is 0. The molecule has 1 amide bonds. The van der Waals surface area contributed by atoms with E-state index in [-0.39, 0.29) is 18.6 Å². The highest BCUT2D eigenvalue weighted by Crippen LogP contribution is 2.12. The summed E-state index contributed by atoms with van der Waals surface area (Å²) >= 11 is 0. The van der Waals surface area contributed by atoms with Crippen LogP contribution in [-0.4, -0.2) is 23.7 Å². The zero-order valence-electron chi connectivity index (χ0n) is 14.2. The largest absolute Gasteiger partial charge is 0.481 e. The van der Waals surface area contributed by atoms with E-state index in [0.717, 1.165) is 5.56 Å². The monoisotopic (exact) mass is 357 g/mol. The molecule has 0 unspecified atom stereocenters. The van der Waals surface area contributed by atoms with Crippen LogP contribution in [0.1, 0.15) is 23.1 Å². The third-order valence-corrected chi connectivity index (χ3v) is 3.52. The van der Waals surface area contributed by atoms with Gasteiger partial charge in [0.25, 0.3) is 0 Å². The van der Waals surface area contributed by atoms with Crippen molar-refractivity contribution in [1.82, 2.24) is 5.32 Å². The number of carbonyl (C=O) groups is 2. The second kappa shape index (κ2) is 9.98. The maximum absolute atomic E-state index is 13.7. The molecule has 136 valence electrons. The van der Waals surface area contributed by atoms with E-state index in [1.54, 1.807) is 18.2 Å². The molecular weight excluding hydrogens is 337 g/mol. The van der Waals surface area contributed by atoms with Crippen LogP contribution in [0.2, 0.25) is 0 Å². The van der Waals surface area contributed by atoms with Gasteiger partial charge in [0.2, 0.25) is 0 Å². The second-order valence-electron chi connectivity index (χ2n) is 5.60. The molecule has 5 nitrogen and oxygen atoms in total. The molecule has 0 spiro atoms. The fourth-order valence-electron chi connectivity index (χ4n) is 2.22. The Bertz CT molecular complexity index is 775. The van der Waals surface area contributed by atoms with Crippen LogP contribution >= 0.6 is 0 Å². The second-order valence-corrected chi connectivity index (χ2v) is 5.60. The highest BCUT2D eigenvalue weighted by atomic mass is 19.1. The quantitative estimate of drug-likeness (QED) is 0.705. The first-order valence-electron chi connectivity index (χ1n) is 8.16. The Morgan fingerprint density at radius 3 is 2.62 bits per heavy atom. The van der Waals surface area contributed by atoms with E-state index >= 15 is 0 Å². The summed E-state index contributed by atoms with van der Waals surface area (Å²) in [6.07, 6.45) is 3.23. The number of alkyl carbamates (subject to hydrolysis) is 1. The lowest BCUT2D eigenvalue weighted by Gasteiger charge is -2.06. The fourth-order valence-corrected chi connectivity index (χ4v) is 2.22. The minimum atomic E-state index is -1.07. The Morgan fingerprint density at radius 2 is 1.92 bits per heavy atom. The van der Waals surface area contributed by atoms with E-state index < -0.39 is 17.9 Å². The topological polar surface area (TPSA) is 75.6 Å². The van der Waals surface area contributed by atoms with Crippen LogP contribution in [0.25, 0.3) is 6.08 Å². The molecule has 2 rings (SSSR count). The molecule has 6 heteroatoms. The average molecular weight is 357 g/mol. The molecule has 0 saturated heterocycles. The van der Waals surface area contributed by atoms with Crippen molar-refractivity contribution in [3.8, 4) is 0 Å². The molecular formula is C20H20FNO4. The van der Waals surface area contributed by atoms with E-state index in [0.29, 0.717) is 18.5 Å². The normalized spacial score (nSPS) is 10.7. The van der Waals surface area contributed by atoms with Crippen molar-refractivity contribution >= 4 is 18.1 Å². The summed E-state index contributed by atoms with van der Waals surface area (Å²) in [6, 6.07) is 13.8. The van der Waals surface area contributed by atoms with Crippen LogP contribution in [0.4, 0.5) is 9.18 Å². The number of hydrogen-bond donors (Lipinski definition) is 2. The molecule has 26 heavy (non-hydrogen) atoms. The number of benzene rings is 2. The summed E-state index contributed by atoms with van der Waals surface area (Å²) in [5.74, 6) is -1.62. The van der Waals surface area contributed by atoms with Crippen LogP contribution in [0.15, 0.2) is 54.6 Å². The highest BCUT2D eigenvalue weighted by Gasteiger charge is 2.06. The number of carboxylic acids is 1. The fraction of sp³-hybridized carbons (Fsp3) is 0.200. The predicted molar refractivity (Wildman–Crippen MR) is 96.0 cm³/mol. The highest BCUT2D eigenvalue weighted by molar-refractivity contribution is 5.70. The molecule has 0 aliphatic carbocycles. The van der Waals surface area contributed by atoms with Gasteiger partial charge in [-0.3, -0.25) is 4.79 Å². The van der Waals surface area contributed by atoms with Crippen molar-refractivity contribution < 1.29 is 23.8 Å².